The number of aryl methyl sites for hydroxylation is 1. The molecule has 1 fully saturated rings. The molecule has 0 unspecified atom stereocenters. The van der Waals surface area contributed by atoms with E-state index in [1.807, 2.05) is 66.9 Å². The number of rotatable bonds is 6. The number of benzene rings is 2. The summed E-state index contributed by atoms with van der Waals surface area (Å²) in [6.07, 6.45) is -2.68. The third-order valence-corrected chi connectivity index (χ3v) is 7.28. The van der Waals surface area contributed by atoms with Crippen LogP contribution in [0.25, 0.3) is 5.69 Å². The lowest BCUT2D eigenvalue weighted by molar-refractivity contribution is -0.137. The van der Waals surface area contributed by atoms with Crippen LogP contribution in [0.4, 0.5) is 13.2 Å². The number of ether oxygens (including phenoxy) is 1. The summed E-state index contributed by atoms with van der Waals surface area (Å²) in [4.78, 5) is 6.71. The van der Waals surface area contributed by atoms with Crippen LogP contribution in [0.3, 0.4) is 0 Å². The fourth-order valence-corrected chi connectivity index (χ4v) is 5.45. The maximum absolute atomic E-state index is 13.5. The summed E-state index contributed by atoms with van der Waals surface area (Å²) in [6.45, 7) is 4.38. The van der Waals surface area contributed by atoms with Crippen molar-refractivity contribution in [2.45, 2.75) is 38.7 Å². The third kappa shape index (κ3) is 4.86. The van der Waals surface area contributed by atoms with Crippen molar-refractivity contribution in [1.29, 1.82) is 0 Å². The molecule has 0 spiro atoms. The van der Waals surface area contributed by atoms with Gasteiger partial charge in [0.15, 0.2) is 5.11 Å². The second-order valence-corrected chi connectivity index (χ2v) is 9.70. The zero-order valence-electron chi connectivity index (χ0n) is 21.2. The summed E-state index contributed by atoms with van der Waals surface area (Å²) < 4.78 is 47.6. The van der Waals surface area contributed by atoms with E-state index >= 15 is 0 Å². The summed E-state index contributed by atoms with van der Waals surface area (Å²) in [5, 5.41) is 4.04. The van der Waals surface area contributed by atoms with Gasteiger partial charge < -0.3 is 19.5 Å². The molecule has 0 bridgehead atoms. The number of hydrogen-bond acceptors (Lipinski definition) is 3. The molecule has 196 valence electrons. The summed E-state index contributed by atoms with van der Waals surface area (Å²) in [6, 6.07) is 20.5. The highest BCUT2D eigenvalue weighted by Gasteiger charge is 2.41. The fourth-order valence-electron chi connectivity index (χ4n) is 5.15. The van der Waals surface area contributed by atoms with Crippen molar-refractivity contribution in [2.75, 3.05) is 7.11 Å². The molecule has 1 aliphatic heterocycles. The summed E-state index contributed by atoms with van der Waals surface area (Å²) in [5.41, 5.74) is 4.31. The van der Waals surface area contributed by atoms with E-state index < -0.39 is 11.7 Å². The number of halogens is 3. The van der Waals surface area contributed by atoms with Crippen LogP contribution in [0.1, 0.15) is 45.9 Å². The number of methoxy groups -OCH3 is 1. The van der Waals surface area contributed by atoms with Gasteiger partial charge in [-0.05, 0) is 85.7 Å². The Morgan fingerprint density at radius 2 is 1.76 bits per heavy atom. The van der Waals surface area contributed by atoms with Crippen LogP contribution in [-0.2, 0) is 12.7 Å². The fraction of sp³-hybridized carbons (Fsp3) is 0.241. The highest BCUT2D eigenvalue weighted by Crippen LogP contribution is 2.42. The average molecular weight is 537 g/mol. The van der Waals surface area contributed by atoms with Gasteiger partial charge in [0.05, 0.1) is 30.5 Å². The highest BCUT2D eigenvalue weighted by molar-refractivity contribution is 7.80. The smallest absolute Gasteiger partial charge is 0.416 e. The molecular formula is C29H27F3N4OS. The summed E-state index contributed by atoms with van der Waals surface area (Å²) >= 11 is 5.81. The van der Waals surface area contributed by atoms with E-state index in [1.165, 1.54) is 12.1 Å². The van der Waals surface area contributed by atoms with Crippen molar-refractivity contribution in [3.05, 3.63) is 113 Å². The Morgan fingerprint density at radius 3 is 2.42 bits per heavy atom. The monoisotopic (exact) mass is 536 g/mol. The van der Waals surface area contributed by atoms with Gasteiger partial charge in [0.25, 0.3) is 0 Å². The van der Waals surface area contributed by atoms with Gasteiger partial charge in [-0.2, -0.15) is 13.2 Å². The molecule has 0 radical (unpaired) electrons. The Kier molecular flexibility index (Phi) is 6.88. The zero-order valence-corrected chi connectivity index (χ0v) is 22.0. The number of alkyl halides is 3. The van der Waals surface area contributed by atoms with Gasteiger partial charge in [0, 0.05) is 29.8 Å². The van der Waals surface area contributed by atoms with Gasteiger partial charge in [-0.1, -0.05) is 24.3 Å². The molecule has 3 heterocycles. The van der Waals surface area contributed by atoms with E-state index in [0.717, 1.165) is 40.0 Å². The van der Waals surface area contributed by atoms with Crippen LogP contribution in [-0.4, -0.2) is 26.7 Å². The summed E-state index contributed by atoms with van der Waals surface area (Å²) in [7, 11) is 1.63. The van der Waals surface area contributed by atoms with E-state index in [1.54, 1.807) is 19.4 Å². The molecule has 1 N–H and O–H groups in total. The third-order valence-electron chi connectivity index (χ3n) is 6.93. The van der Waals surface area contributed by atoms with Gasteiger partial charge in [-0.15, -0.1) is 0 Å². The lowest BCUT2D eigenvalue weighted by atomic mass is 9.96. The molecule has 0 saturated carbocycles. The van der Waals surface area contributed by atoms with E-state index in [9.17, 15) is 13.2 Å². The number of aromatic nitrogens is 2. The van der Waals surface area contributed by atoms with Crippen molar-refractivity contribution in [3.8, 4) is 11.4 Å². The quantitative estimate of drug-likeness (QED) is 0.278. The number of hydrogen-bond donors (Lipinski definition) is 1. The van der Waals surface area contributed by atoms with E-state index in [4.69, 9.17) is 17.0 Å². The SMILES string of the molecule is COc1ccc(CN2C(=S)N[C@H](c3ccccn3)[C@@H]2c2cc(C)n(-c3cccc(C(F)(F)F)c3)c2C)cc1. The highest BCUT2D eigenvalue weighted by atomic mass is 32.1. The molecule has 1 saturated heterocycles. The van der Waals surface area contributed by atoms with Gasteiger partial charge in [0.2, 0.25) is 0 Å². The standard InChI is InChI=1S/C29H27F3N4OS/c1-18-15-24(19(2)36(18)22-8-6-7-21(16-22)29(30,31)32)27-26(25-9-4-5-14-33-25)34-28(38)35(27)17-20-10-12-23(37-3)13-11-20/h4-16,26-27H,17H2,1-3H3,(H,34,38)/t26-,27+/m1/s1. The van der Waals surface area contributed by atoms with Crippen LogP contribution in [0, 0.1) is 13.8 Å². The number of nitrogens with zero attached hydrogens (tertiary/aromatic N) is 3. The van der Waals surface area contributed by atoms with Crippen LogP contribution in [0.15, 0.2) is 79.0 Å². The molecular weight excluding hydrogens is 509 g/mol. The Hall–Kier alpha value is -3.85. The molecule has 2 aromatic carbocycles. The van der Waals surface area contributed by atoms with Gasteiger partial charge in [0.1, 0.15) is 5.75 Å². The molecule has 4 aromatic rings. The van der Waals surface area contributed by atoms with Crippen molar-refractivity contribution >= 4 is 17.3 Å². The van der Waals surface area contributed by atoms with Gasteiger partial charge >= 0.3 is 6.18 Å². The minimum Gasteiger partial charge on any atom is -0.497 e. The Bertz CT molecular complexity index is 1450. The van der Waals surface area contributed by atoms with Crippen molar-refractivity contribution in [1.82, 2.24) is 19.8 Å². The van der Waals surface area contributed by atoms with E-state index in [0.29, 0.717) is 17.3 Å². The second kappa shape index (κ2) is 10.1. The Balaban J connectivity index is 1.60. The first kappa shape index (κ1) is 25.8. The van der Waals surface area contributed by atoms with Gasteiger partial charge in [-0.3, -0.25) is 4.98 Å². The molecule has 5 rings (SSSR count). The molecule has 0 aliphatic carbocycles. The minimum atomic E-state index is -4.42. The van der Waals surface area contributed by atoms with Crippen LogP contribution >= 0.6 is 12.2 Å². The lowest BCUT2D eigenvalue weighted by Crippen LogP contribution is -2.29. The van der Waals surface area contributed by atoms with Crippen molar-refractivity contribution in [2.24, 2.45) is 0 Å². The predicted octanol–water partition coefficient (Wildman–Crippen LogP) is 6.69. The Morgan fingerprint density at radius 1 is 1.00 bits per heavy atom. The largest absolute Gasteiger partial charge is 0.497 e. The van der Waals surface area contributed by atoms with Gasteiger partial charge in [-0.25, -0.2) is 0 Å². The lowest BCUT2D eigenvalue weighted by Gasteiger charge is -2.28. The average Bonchev–Trinajstić information content (AvgIpc) is 3.39. The second-order valence-electron chi connectivity index (χ2n) is 9.31. The molecule has 0 amide bonds. The minimum absolute atomic E-state index is 0.231. The van der Waals surface area contributed by atoms with Crippen LogP contribution < -0.4 is 10.1 Å². The van der Waals surface area contributed by atoms with E-state index in [-0.39, 0.29) is 12.1 Å². The molecule has 5 nitrogen and oxygen atoms in total. The normalized spacial score (nSPS) is 17.5. The van der Waals surface area contributed by atoms with E-state index in [2.05, 4.69) is 15.2 Å². The molecule has 38 heavy (non-hydrogen) atoms. The Labute approximate surface area is 224 Å². The number of nitrogens with one attached hydrogen (secondary N) is 1. The first-order valence-corrected chi connectivity index (χ1v) is 12.6. The van der Waals surface area contributed by atoms with Crippen molar-refractivity contribution < 1.29 is 17.9 Å². The van der Waals surface area contributed by atoms with Crippen molar-refractivity contribution in [3.63, 3.8) is 0 Å². The maximum Gasteiger partial charge on any atom is 0.416 e. The zero-order chi connectivity index (χ0) is 27.0. The predicted molar refractivity (Wildman–Crippen MR) is 144 cm³/mol. The first-order valence-electron chi connectivity index (χ1n) is 12.1. The summed E-state index contributed by atoms with van der Waals surface area (Å²) in [5.74, 6) is 0.767. The number of thiocarbonyl (C=S) groups is 1. The first-order chi connectivity index (χ1) is 18.2. The maximum atomic E-state index is 13.5. The molecule has 1 aliphatic rings. The molecule has 9 heteroatoms. The topological polar surface area (TPSA) is 42.3 Å². The molecule has 2 atom stereocenters. The van der Waals surface area contributed by atoms with Crippen LogP contribution in [0.2, 0.25) is 0 Å². The van der Waals surface area contributed by atoms with Crippen LogP contribution in [0.5, 0.6) is 5.75 Å². The number of pyridine rings is 1. The molecule has 2 aromatic heterocycles.